The molecule has 0 spiro atoms. The number of nitrogens with zero attached hydrogens (tertiary/aromatic N) is 4. The highest BCUT2D eigenvalue weighted by molar-refractivity contribution is 7.10. The molecule has 24 heavy (non-hydrogen) atoms. The second kappa shape index (κ2) is 6.51. The van der Waals surface area contributed by atoms with E-state index in [4.69, 9.17) is 0 Å². The molecule has 1 atom stereocenters. The molecule has 4 rings (SSSR count). The van der Waals surface area contributed by atoms with Crippen molar-refractivity contribution in [1.29, 1.82) is 0 Å². The number of anilines is 1. The van der Waals surface area contributed by atoms with E-state index >= 15 is 0 Å². The van der Waals surface area contributed by atoms with E-state index in [1.54, 1.807) is 23.6 Å². The minimum absolute atomic E-state index is 0.0139. The number of amides is 1. The van der Waals surface area contributed by atoms with Crippen molar-refractivity contribution in [3.63, 3.8) is 0 Å². The van der Waals surface area contributed by atoms with Crippen LogP contribution in [0.4, 0.5) is 5.95 Å². The van der Waals surface area contributed by atoms with E-state index in [1.165, 1.54) is 29.7 Å². The number of rotatable bonds is 2. The summed E-state index contributed by atoms with van der Waals surface area (Å²) in [6.07, 6.45) is 6.27. The van der Waals surface area contributed by atoms with Crippen LogP contribution in [0.15, 0.2) is 23.7 Å². The van der Waals surface area contributed by atoms with Crippen molar-refractivity contribution < 1.29 is 4.79 Å². The SMILES string of the molecule is CC1c2ccsc2CCN1C(=O)c1ccnc(N2CCCCC2)n1. The summed E-state index contributed by atoms with van der Waals surface area (Å²) in [6, 6.07) is 4.00. The normalized spacial score (nSPS) is 20.8. The molecule has 0 radical (unpaired) electrons. The molecule has 1 saturated heterocycles. The Morgan fingerprint density at radius 3 is 2.88 bits per heavy atom. The number of thiophene rings is 1. The number of piperidine rings is 1. The highest BCUT2D eigenvalue weighted by atomic mass is 32.1. The van der Waals surface area contributed by atoms with Gasteiger partial charge in [0.1, 0.15) is 5.69 Å². The first-order valence-corrected chi connectivity index (χ1v) is 9.57. The first-order valence-electron chi connectivity index (χ1n) is 8.69. The summed E-state index contributed by atoms with van der Waals surface area (Å²) in [5, 5.41) is 2.12. The van der Waals surface area contributed by atoms with Crippen LogP contribution < -0.4 is 4.90 Å². The van der Waals surface area contributed by atoms with Crippen molar-refractivity contribution in [3.05, 3.63) is 39.8 Å². The van der Waals surface area contributed by atoms with Crippen molar-refractivity contribution >= 4 is 23.2 Å². The summed E-state index contributed by atoms with van der Waals surface area (Å²) in [5.74, 6) is 0.710. The highest BCUT2D eigenvalue weighted by Crippen LogP contribution is 2.33. The number of aromatic nitrogens is 2. The van der Waals surface area contributed by atoms with Crippen molar-refractivity contribution in [2.75, 3.05) is 24.5 Å². The third-order valence-electron chi connectivity index (χ3n) is 5.04. The lowest BCUT2D eigenvalue weighted by Crippen LogP contribution is -2.39. The lowest BCUT2D eigenvalue weighted by Gasteiger charge is -2.33. The monoisotopic (exact) mass is 342 g/mol. The number of carbonyl (C=O) groups is 1. The number of fused-ring (bicyclic) bond motifs is 1. The first kappa shape index (κ1) is 15.6. The lowest BCUT2D eigenvalue weighted by molar-refractivity contribution is 0.0673. The van der Waals surface area contributed by atoms with Crippen LogP contribution >= 0.6 is 11.3 Å². The van der Waals surface area contributed by atoms with Crippen LogP contribution in [0.2, 0.25) is 0 Å². The van der Waals surface area contributed by atoms with Crippen molar-refractivity contribution in [3.8, 4) is 0 Å². The zero-order valence-electron chi connectivity index (χ0n) is 13.9. The molecule has 0 aliphatic carbocycles. The molecule has 5 nitrogen and oxygen atoms in total. The van der Waals surface area contributed by atoms with Gasteiger partial charge in [-0.2, -0.15) is 0 Å². The molecular weight excluding hydrogens is 320 g/mol. The molecule has 0 N–H and O–H groups in total. The summed E-state index contributed by atoms with van der Waals surface area (Å²) in [5.41, 5.74) is 1.79. The number of hydrogen-bond donors (Lipinski definition) is 0. The number of carbonyl (C=O) groups excluding carboxylic acids is 1. The van der Waals surface area contributed by atoms with Gasteiger partial charge in [0.25, 0.3) is 5.91 Å². The molecule has 0 aromatic carbocycles. The molecule has 1 amide bonds. The summed E-state index contributed by atoms with van der Waals surface area (Å²) in [6.45, 7) is 4.83. The summed E-state index contributed by atoms with van der Waals surface area (Å²) in [4.78, 5) is 27.5. The Bertz CT molecular complexity index is 738. The Morgan fingerprint density at radius 1 is 1.21 bits per heavy atom. The van der Waals surface area contributed by atoms with Crippen LogP contribution in [0.25, 0.3) is 0 Å². The molecular formula is C18H22N4OS. The maximum Gasteiger partial charge on any atom is 0.273 e. The molecule has 1 unspecified atom stereocenters. The van der Waals surface area contributed by atoms with Gasteiger partial charge in [-0.05, 0) is 55.7 Å². The minimum atomic E-state index is 0.0139. The van der Waals surface area contributed by atoms with Crippen molar-refractivity contribution in [2.45, 2.75) is 38.6 Å². The average molecular weight is 342 g/mol. The average Bonchev–Trinajstić information content (AvgIpc) is 3.12. The Balaban J connectivity index is 1.56. The highest BCUT2D eigenvalue weighted by Gasteiger charge is 2.30. The predicted octanol–water partition coefficient (Wildman–Crippen LogP) is 3.29. The van der Waals surface area contributed by atoms with Crippen LogP contribution in [-0.4, -0.2) is 40.4 Å². The van der Waals surface area contributed by atoms with Gasteiger partial charge in [0.2, 0.25) is 5.95 Å². The van der Waals surface area contributed by atoms with Gasteiger partial charge < -0.3 is 9.80 Å². The van der Waals surface area contributed by atoms with Gasteiger partial charge in [-0.3, -0.25) is 4.79 Å². The Hall–Kier alpha value is -1.95. The maximum atomic E-state index is 13.0. The molecule has 1 fully saturated rings. The molecule has 2 aliphatic heterocycles. The van der Waals surface area contributed by atoms with E-state index in [1.807, 2.05) is 4.90 Å². The smallest absolute Gasteiger partial charge is 0.273 e. The Kier molecular flexibility index (Phi) is 4.22. The largest absolute Gasteiger partial charge is 0.341 e. The fourth-order valence-electron chi connectivity index (χ4n) is 3.65. The molecule has 6 heteroatoms. The van der Waals surface area contributed by atoms with Crippen molar-refractivity contribution in [2.24, 2.45) is 0 Å². The van der Waals surface area contributed by atoms with Gasteiger partial charge >= 0.3 is 0 Å². The van der Waals surface area contributed by atoms with Gasteiger partial charge in [0, 0.05) is 30.7 Å². The molecule has 0 bridgehead atoms. The van der Waals surface area contributed by atoms with Gasteiger partial charge in [-0.15, -0.1) is 11.3 Å². The van der Waals surface area contributed by atoms with E-state index < -0.39 is 0 Å². The van der Waals surface area contributed by atoms with Crippen LogP contribution in [0, 0.1) is 0 Å². The van der Waals surface area contributed by atoms with E-state index in [0.717, 1.165) is 26.1 Å². The Morgan fingerprint density at radius 2 is 2.04 bits per heavy atom. The predicted molar refractivity (Wildman–Crippen MR) is 95.6 cm³/mol. The maximum absolute atomic E-state index is 13.0. The lowest BCUT2D eigenvalue weighted by atomic mass is 10.0. The van der Waals surface area contributed by atoms with Crippen molar-refractivity contribution in [1.82, 2.24) is 14.9 Å². The molecule has 2 aromatic heterocycles. The third-order valence-corrected chi connectivity index (χ3v) is 6.04. The molecule has 2 aliphatic rings. The summed E-state index contributed by atoms with van der Waals surface area (Å²) in [7, 11) is 0. The molecule has 2 aromatic rings. The van der Waals surface area contributed by atoms with Gasteiger partial charge in [0.05, 0.1) is 6.04 Å². The van der Waals surface area contributed by atoms with Gasteiger partial charge in [0.15, 0.2) is 0 Å². The first-order chi connectivity index (χ1) is 11.7. The van der Waals surface area contributed by atoms with Gasteiger partial charge in [-0.25, -0.2) is 9.97 Å². The second-order valence-corrected chi connectivity index (χ2v) is 7.51. The van der Waals surface area contributed by atoms with Crippen LogP contribution in [0.1, 0.15) is 53.2 Å². The second-order valence-electron chi connectivity index (χ2n) is 6.51. The quantitative estimate of drug-likeness (QED) is 0.840. The Labute approximate surface area is 146 Å². The molecule has 126 valence electrons. The summed E-state index contributed by atoms with van der Waals surface area (Å²) < 4.78 is 0. The fourth-order valence-corrected chi connectivity index (χ4v) is 4.61. The minimum Gasteiger partial charge on any atom is -0.341 e. The van der Waals surface area contributed by atoms with Crippen LogP contribution in [0.5, 0.6) is 0 Å². The number of hydrogen-bond acceptors (Lipinski definition) is 5. The topological polar surface area (TPSA) is 49.3 Å². The van der Waals surface area contributed by atoms with Gasteiger partial charge in [-0.1, -0.05) is 0 Å². The molecule has 0 saturated carbocycles. The molecule has 4 heterocycles. The van der Waals surface area contributed by atoms with E-state index in [0.29, 0.717) is 11.6 Å². The zero-order valence-corrected chi connectivity index (χ0v) is 14.8. The van der Waals surface area contributed by atoms with Crippen LogP contribution in [0.3, 0.4) is 0 Å². The van der Waals surface area contributed by atoms with Crippen LogP contribution in [-0.2, 0) is 6.42 Å². The van der Waals surface area contributed by atoms with E-state index in [9.17, 15) is 4.79 Å². The standard InChI is InChI=1S/C18H22N4OS/c1-13-14-7-12-24-16(14)6-11-22(13)17(23)15-5-8-19-18(20-15)21-9-3-2-4-10-21/h5,7-8,12-13H,2-4,6,9-11H2,1H3. The zero-order chi connectivity index (χ0) is 16.5. The fraction of sp³-hybridized carbons (Fsp3) is 0.500. The third kappa shape index (κ3) is 2.79. The van der Waals surface area contributed by atoms with E-state index in [2.05, 4.69) is 33.2 Å². The van der Waals surface area contributed by atoms with E-state index in [-0.39, 0.29) is 11.9 Å². The summed E-state index contributed by atoms with van der Waals surface area (Å²) >= 11 is 1.79.